The topological polar surface area (TPSA) is 97.6 Å². The first-order chi connectivity index (χ1) is 15.5. The molecule has 3 aromatic rings. The number of likely N-dealkylation sites (N-methyl/N-ethyl adjacent to an activating group) is 1. The van der Waals surface area contributed by atoms with Crippen molar-refractivity contribution in [2.24, 2.45) is 0 Å². The molecule has 0 aliphatic rings. The average Bonchev–Trinajstić information content (AvgIpc) is 3.30. The number of aryl methyl sites for hydroxylation is 1. The van der Waals surface area contributed by atoms with Gasteiger partial charge in [-0.1, -0.05) is 17.1 Å². The smallest absolute Gasteiger partial charge is 0.239 e. The van der Waals surface area contributed by atoms with E-state index in [1.54, 1.807) is 24.3 Å². The molecule has 0 unspecified atom stereocenters. The third-order valence-corrected chi connectivity index (χ3v) is 4.65. The van der Waals surface area contributed by atoms with Crippen LogP contribution in [-0.4, -0.2) is 42.2 Å². The minimum Gasteiger partial charge on any atom is -0.494 e. The molecule has 32 heavy (non-hydrogen) atoms. The highest BCUT2D eigenvalue weighted by Crippen LogP contribution is 2.21. The van der Waals surface area contributed by atoms with Crippen LogP contribution in [0, 0.1) is 12.3 Å². The molecule has 0 spiro atoms. The summed E-state index contributed by atoms with van der Waals surface area (Å²) in [6.45, 7) is 2.39. The molecule has 1 aromatic heterocycles. The molecular weight excluding hydrogens is 408 g/mol. The van der Waals surface area contributed by atoms with E-state index in [0.29, 0.717) is 29.6 Å². The Balaban J connectivity index is 1.69. The Bertz CT molecular complexity index is 1120. The molecule has 164 valence electrons. The lowest BCUT2D eigenvalue weighted by Gasteiger charge is -2.22. The number of anilines is 1. The third-order valence-electron chi connectivity index (χ3n) is 4.65. The van der Waals surface area contributed by atoms with Crippen molar-refractivity contribution >= 4 is 17.5 Å². The largest absolute Gasteiger partial charge is 0.494 e. The van der Waals surface area contributed by atoms with Gasteiger partial charge in [0.1, 0.15) is 12.3 Å². The molecule has 0 atom stereocenters. The fourth-order valence-corrected chi connectivity index (χ4v) is 3.00. The Labute approximate surface area is 186 Å². The van der Waals surface area contributed by atoms with E-state index in [-0.39, 0.29) is 31.2 Å². The Kier molecular flexibility index (Phi) is 7.60. The van der Waals surface area contributed by atoms with Crippen molar-refractivity contribution in [3.05, 3.63) is 60.0 Å². The van der Waals surface area contributed by atoms with Crippen LogP contribution in [0.1, 0.15) is 24.8 Å². The number of benzene rings is 2. The molecule has 0 aliphatic carbocycles. The van der Waals surface area contributed by atoms with Gasteiger partial charge in [-0.05, 0) is 49.4 Å². The van der Waals surface area contributed by atoms with Crippen LogP contribution >= 0.6 is 0 Å². The molecular formula is C24H24N4O4. The van der Waals surface area contributed by atoms with Crippen molar-refractivity contribution in [2.45, 2.75) is 19.8 Å². The van der Waals surface area contributed by atoms with Gasteiger partial charge in [-0.2, -0.15) is 4.98 Å². The fraction of sp³-hybridized carbons (Fsp3) is 0.250. The van der Waals surface area contributed by atoms with Crippen LogP contribution in [0.5, 0.6) is 5.75 Å². The number of hydrogen-bond donors (Lipinski definition) is 1. The van der Waals surface area contributed by atoms with Crippen LogP contribution < -0.4 is 15.0 Å². The van der Waals surface area contributed by atoms with Crippen LogP contribution in [0.15, 0.2) is 53.1 Å². The number of carbonyl (C=O) groups excluding carboxylic acids is 2. The number of carbonyl (C=O) groups is 2. The summed E-state index contributed by atoms with van der Waals surface area (Å²) >= 11 is 0. The first kappa shape index (κ1) is 22.6. The van der Waals surface area contributed by atoms with E-state index in [0.717, 1.165) is 11.3 Å². The zero-order valence-electron chi connectivity index (χ0n) is 18.0. The first-order valence-electron chi connectivity index (χ1n) is 10.2. The van der Waals surface area contributed by atoms with E-state index in [1.807, 2.05) is 31.2 Å². The molecule has 2 amide bonds. The Morgan fingerprint density at radius 1 is 1.22 bits per heavy atom. The third kappa shape index (κ3) is 5.73. The molecule has 1 heterocycles. The van der Waals surface area contributed by atoms with E-state index in [1.165, 1.54) is 11.9 Å². The van der Waals surface area contributed by atoms with Gasteiger partial charge in [0, 0.05) is 36.7 Å². The summed E-state index contributed by atoms with van der Waals surface area (Å²) in [5.41, 5.74) is 1.95. The predicted octanol–water partition coefficient (Wildman–Crippen LogP) is 2.83. The second-order valence-corrected chi connectivity index (χ2v) is 6.82. The van der Waals surface area contributed by atoms with E-state index in [4.69, 9.17) is 15.7 Å². The van der Waals surface area contributed by atoms with Gasteiger partial charge in [0.05, 0.1) is 6.61 Å². The number of rotatable bonds is 9. The van der Waals surface area contributed by atoms with Crippen molar-refractivity contribution < 1.29 is 18.8 Å². The quantitative estimate of drug-likeness (QED) is 0.522. The lowest BCUT2D eigenvalue weighted by Crippen LogP contribution is -2.40. The van der Waals surface area contributed by atoms with Gasteiger partial charge >= 0.3 is 0 Å². The van der Waals surface area contributed by atoms with Crippen LogP contribution in [-0.2, 0) is 16.0 Å². The van der Waals surface area contributed by atoms with Crippen LogP contribution in [0.3, 0.4) is 0 Å². The van der Waals surface area contributed by atoms with Crippen LogP contribution in [0.2, 0.25) is 0 Å². The second-order valence-electron chi connectivity index (χ2n) is 6.82. The summed E-state index contributed by atoms with van der Waals surface area (Å²) < 4.78 is 10.7. The van der Waals surface area contributed by atoms with E-state index in [2.05, 4.69) is 21.4 Å². The van der Waals surface area contributed by atoms with E-state index in [9.17, 15) is 9.59 Å². The summed E-state index contributed by atoms with van der Waals surface area (Å²) in [6, 6.07) is 14.3. The molecule has 1 N–H and O–H groups in total. The molecule has 0 saturated carbocycles. The van der Waals surface area contributed by atoms with Gasteiger partial charge in [-0.15, -0.1) is 6.42 Å². The normalized spacial score (nSPS) is 10.3. The molecule has 0 aliphatic heterocycles. The van der Waals surface area contributed by atoms with Gasteiger partial charge in [0.25, 0.3) is 0 Å². The van der Waals surface area contributed by atoms with Crippen molar-refractivity contribution in [3.8, 4) is 29.5 Å². The van der Waals surface area contributed by atoms with Gasteiger partial charge in [-0.25, -0.2) is 0 Å². The highest BCUT2D eigenvalue weighted by atomic mass is 16.5. The van der Waals surface area contributed by atoms with Gasteiger partial charge in [-0.3, -0.25) is 9.59 Å². The Morgan fingerprint density at radius 2 is 2.00 bits per heavy atom. The Hall–Kier alpha value is -4.12. The fourth-order valence-electron chi connectivity index (χ4n) is 3.00. The van der Waals surface area contributed by atoms with E-state index >= 15 is 0 Å². The average molecular weight is 432 g/mol. The lowest BCUT2D eigenvalue weighted by molar-refractivity contribution is -0.123. The van der Waals surface area contributed by atoms with Crippen LogP contribution in [0.4, 0.5) is 5.69 Å². The Morgan fingerprint density at radius 3 is 2.69 bits per heavy atom. The number of nitrogens with zero attached hydrogens (tertiary/aromatic N) is 3. The number of nitrogens with one attached hydrogen (secondary N) is 1. The zero-order valence-corrected chi connectivity index (χ0v) is 18.0. The lowest BCUT2D eigenvalue weighted by atomic mass is 10.1. The molecule has 3 rings (SSSR count). The number of terminal acetylenes is 1. The zero-order chi connectivity index (χ0) is 22.9. The number of ether oxygens (including phenoxy) is 1. The summed E-state index contributed by atoms with van der Waals surface area (Å²) in [6.07, 6.45) is 5.79. The summed E-state index contributed by atoms with van der Waals surface area (Å²) in [5.74, 6) is 3.51. The molecule has 0 fully saturated rings. The maximum absolute atomic E-state index is 12.9. The molecule has 0 saturated heterocycles. The van der Waals surface area contributed by atoms with Crippen molar-refractivity contribution in [2.75, 3.05) is 25.1 Å². The summed E-state index contributed by atoms with van der Waals surface area (Å²) in [5, 5.41) is 6.52. The summed E-state index contributed by atoms with van der Waals surface area (Å²) in [7, 11) is 1.52. The standard InChI is InChI=1S/C24H24N4O4/c1-4-17-7-6-8-19(15-17)28(16-21(29)25-3)23(30)14-13-22-26-24(27-32-22)18-9-11-20(12-10-18)31-5-2/h1,6-12,15H,5,13-14,16H2,2-3H3,(H,25,29). The minimum atomic E-state index is -0.292. The number of aromatic nitrogens is 2. The first-order valence-corrected chi connectivity index (χ1v) is 10.2. The highest BCUT2D eigenvalue weighted by Gasteiger charge is 2.20. The predicted molar refractivity (Wildman–Crippen MR) is 120 cm³/mol. The minimum absolute atomic E-state index is 0.0855. The number of hydrogen-bond acceptors (Lipinski definition) is 6. The van der Waals surface area contributed by atoms with E-state index < -0.39 is 0 Å². The monoisotopic (exact) mass is 432 g/mol. The molecule has 2 aromatic carbocycles. The van der Waals surface area contributed by atoms with Gasteiger partial charge < -0.3 is 19.5 Å². The number of amides is 2. The molecule has 8 nitrogen and oxygen atoms in total. The van der Waals surface area contributed by atoms with Gasteiger partial charge in [0.15, 0.2) is 0 Å². The second kappa shape index (κ2) is 10.8. The van der Waals surface area contributed by atoms with Crippen molar-refractivity contribution in [3.63, 3.8) is 0 Å². The maximum Gasteiger partial charge on any atom is 0.239 e. The van der Waals surface area contributed by atoms with Crippen molar-refractivity contribution in [1.29, 1.82) is 0 Å². The maximum atomic E-state index is 12.9. The molecule has 8 heteroatoms. The van der Waals surface area contributed by atoms with Crippen molar-refractivity contribution in [1.82, 2.24) is 15.5 Å². The van der Waals surface area contributed by atoms with Gasteiger partial charge in [0.2, 0.25) is 23.5 Å². The summed E-state index contributed by atoms with van der Waals surface area (Å²) in [4.78, 5) is 30.7. The molecule has 0 radical (unpaired) electrons. The van der Waals surface area contributed by atoms with Crippen LogP contribution in [0.25, 0.3) is 11.4 Å². The SMILES string of the molecule is C#Cc1cccc(N(CC(=O)NC)C(=O)CCc2nc(-c3ccc(OCC)cc3)no2)c1. The highest BCUT2D eigenvalue weighted by molar-refractivity contribution is 5.98. The molecule has 0 bridgehead atoms.